The topological polar surface area (TPSA) is 114 Å². The van der Waals surface area contributed by atoms with E-state index in [1.807, 2.05) is 4.90 Å². The van der Waals surface area contributed by atoms with Crippen molar-refractivity contribution in [3.8, 4) is 5.69 Å². The Labute approximate surface area is 194 Å². The van der Waals surface area contributed by atoms with Crippen molar-refractivity contribution in [1.82, 2.24) is 24.2 Å². The Morgan fingerprint density at radius 1 is 1.03 bits per heavy atom. The molecule has 0 saturated carbocycles. The number of carboxylic acid groups (broad SMARTS) is 1. The number of carbonyl (C=O) groups excluding carboxylic acids is 1. The van der Waals surface area contributed by atoms with Gasteiger partial charge in [0.15, 0.2) is 5.78 Å². The fourth-order valence-electron chi connectivity index (χ4n) is 3.67. The molecule has 4 rings (SSSR count). The first-order valence-corrected chi connectivity index (χ1v) is 10.9. The lowest BCUT2D eigenvalue weighted by atomic mass is 10.1. The monoisotopic (exact) mass is 470 g/mol. The van der Waals surface area contributed by atoms with E-state index in [-0.39, 0.29) is 11.5 Å². The Balaban J connectivity index is 1.34. The summed E-state index contributed by atoms with van der Waals surface area (Å²) in [7, 11) is 0. The Morgan fingerprint density at radius 2 is 1.76 bits per heavy atom. The predicted molar refractivity (Wildman–Crippen MR) is 122 cm³/mol. The van der Waals surface area contributed by atoms with E-state index in [1.165, 1.54) is 20.5 Å². The van der Waals surface area contributed by atoms with Crippen molar-refractivity contribution in [3.63, 3.8) is 0 Å². The van der Waals surface area contributed by atoms with Gasteiger partial charge in [0.05, 0.1) is 11.9 Å². The van der Waals surface area contributed by atoms with E-state index < -0.39 is 6.09 Å². The average molecular weight is 471 g/mol. The molecule has 11 heteroatoms. The molecule has 1 amide bonds. The van der Waals surface area contributed by atoms with E-state index in [4.69, 9.17) is 16.7 Å². The van der Waals surface area contributed by atoms with Gasteiger partial charge in [-0.2, -0.15) is 5.10 Å². The third-order valence-corrected chi connectivity index (χ3v) is 5.81. The van der Waals surface area contributed by atoms with Gasteiger partial charge in [0, 0.05) is 49.7 Å². The quantitative estimate of drug-likeness (QED) is 0.528. The summed E-state index contributed by atoms with van der Waals surface area (Å²) in [6.45, 7) is 2.29. The fourth-order valence-corrected chi connectivity index (χ4v) is 3.80. The van der Waals surface area contributed by atoms with Crippen LogP contribution in [0.1, 0.15) is 23.2 Å². The molecule has 0 spiro atoms. The van der Waals surface area contributed by atoms with E-state index in [9.17, 15) is 14.4 Å². The number of pyridine rings is 1. The molecule has 0 aliphatic carbocycles. The van der Waals surface area contributed by atoms with E-state index >= 15 is 0 Å². The van der Waals surface area contributed by atoms with Crippen LogP contribution in [0.5, 0.6) is 0 Å². The first-order valence-electron chi connectivity index (χ1n) is 10.5. The summed E-state index contributed by atoms with van der Waals surface area (Å²) in [6, 6.07) is 10.3. The van der Waals surface area contributed by atoms with Gasteiger partial charge in [0.2, 0.25) is 0 Å². The molecule has 1 aliphatic rings. The number of anilines is 1. The molecule has 1 fully saturated rings. The third kappa shape index (κ3) is 5.23. The Kier molecular flexibility index (Phi) is 6.74. The van der Waals surface area contributed by atoms with Crippen molar-refractivity contribution in [2.75, 3.05) is 31.1 Å². The number of hydrogen-bond acceptors (Lipinski definition) is 6. The van der Waals surface area contributed by atoms with Crippen molar-refractivity contribution in [1.29, 1.82) is 0 Å². The number of ketones is 1. The molecule has 172 valence electrons. The second-order valence-corrected chi connectivity index (χ2v) is 8.11. The SMILES string of the molecule is O=C(CCCn1ncn(-c2ccc(N3CCN(C(=O)O)CC3)nc2)c1=O)c1ccc(Cl)cc1. The number of Topliss-reactive ketones (excluding diaryl/α,β-unsaturated/α-hetero) is 1. The minimum atomic E-state index is -0.913. The number of amides is 1. The van der Waals surface area contributed by atoms with Crippen molar-refractivity contribution in [3.05, 3.63) is 70.0 Å². The Bertz CT molecular complexity index is 1180. The number of aryl methyl sites for hydroxylation is 1. The number of halogens is 1. The molecule has 33 heavy (non-hydrogen) atoms. The van der Waals surface area contributed by atoms with Crippen LogP contribution >= 0.6 is 11.6 Å². The predicted octanol–water partition coefficient (Wildman–Crippen LogP) is 2.55. The lowest BCUT2D eigenvalue weighted by Gasteiger charge is -2.33. The zero-order valence-electron chi connectivity index (χ0n) is 17.8. The van der Waals surface area contributed by atoms with Crippen LogP contribution in [0.15, 0.2) is 53.7 Å². The molecule has 1 aliphatic heterocycles. The summed E-state index contributed by atoms with van der Waals surface area (Å²) >= 11 is 5.85. The number of nitrogens with zero attached hydrogens (tertiary/aromatic N) is 6. The maximum absolute atomic E-state index is 12.7. The molecular formula is C22H23ClN6O4. The van der Waals surface area contributed by atoms with Crippen LogP contribution in [0.3, 0.4) is 0 Å². The van der Waals surface area contributed by atoms with Crippen LogP contribution < -0.4 is 10.6 Å². The third-order valence-electron chi connectivity index (χ3n) is 5.56. The zero-order chi connectivity index (χ0) is 23.4. The second kappa shape index (κ2) is 9.86. The highest BCUT2D eigenvalue weighted by Gasteiger charge is 2.21. The van der Waals surface area contributed by atoms with Gasteiger partial charge in [-0.25, -0.2) is 23.8 Å². The number of hydrogen-bond donors (Lipinski definition) is 1. The minimum Gasteiger partial charge on any atom is -0.465 e. The first kappa shape index (κ1) is 22.5. The molecule has 0 radical (unpaired) electrons. The van der Waals surface area contributed by atoms with Gasteiger partial charge >= 0.3 is 11.8 Å². The largest absolute Gasteiger partial charge is 0.465 e. The molecule has 1 saturated heterocycles. The van der Waals surface area contributed by atoms with Crippen LogP contribution in [0.25, 0.3) is 5.69 Å². The van der Waals surface area contributed by atoms with E-state index in [2.05, 4.69) is 10.1 Å². The zero-order valence-corrected chi connectivity index (χ0v) is 18.6. The molecule has 0 atom stereocenters. The standard InChI is InChI=1S/C22H23ClN6O4/c23-17-5-3-16(4-6-17)19(30)2-1-9-29-21(31)28(15-25-29)18-7-8-20(24-14-18)26-10-12-27(13-11-26)22(32)33/h3-8,14-15H,1-2,9-13H2,(H,32,33). The molecule has 1 N–H and O–H groups in total. The Hall–Kier alpha value is -3.66. The summed E-state index contributed by atoms with van der Waals surface area (Å²) in [5.74, 6) is 0.716. The molecule has 3 heterocycles. The molecule has 2 aromatic heterocycles. The first-order chi connectivity index (χ1) is 15.9. The number of carbonyl (C=O) groups is 2. The van der Waals surface area contributed by atoms with E-state index in [0.29, 0.717) is 61.8 Å². The summed E-state index contributed by atoms with van der Waals surface area (Å²) in [5.41, 5.74) is 0.864. The number of benzene rings is 1. The highest BCUT2D eigenvalue weighted by molar-refractivity contribution is 6.30. The molecule has 0 unspecified atom stereocenters. The maximum Gasteiger partial charge on any atom is 0.407 e. The highest BCUT2D eigenvalue weighted by atomic mass is 35.5. The van der Waals surface area contributed by atoms with Gasteiger partial charge in [-0.1, -0.05) is 11.6 Å². The summed E-state index contributed by atoms with van der Waals surface area (Å²) < 4.78 is 2.73. The van der Waals surface area contributed by atoms with Gasteiger partial charge in [-0.15, -0.1) is 0 Å². The van der Waals surface area contributed by atoms with Gasteiger partial charge in [-0.3, -0.25) is 4.79 Å². The molecular weight excluding hydrogens is 448 g/mol. The summed E-state index contributed by atoms with van der Waals surface area (Å²) in [6.07, 6.45) is 2.90. The lowest BCUT2D eigenvalue weighted by Crippen LogP contribution is -2.48. The Morgan fingerprint density at radius 3 is 2.39 bits per heavy atom. The van der Waals surface area contributed by atoms with Crippen molar-refractivity contribution in [2.45, 2.75) is 19.4 Å². The maximum atomic E-state index is 12.7. The van der Waals surface area contributed by atoms with Gasteiger partial charge in [0.25, 0.3) is 0 Å². The number of aromatic nitrogens is 4. The van der Waals surface area contributed by atoms with Crippen LogP contribution in [0.4, 0.5) is 10.6 Å². The smallest absolute Gasteiger partial charge is 0.407 e. The molecule has 1 aromatic carbocycles. The van der Waals surface area contributed by atoms with Crippen molar-refractivity contribution < 1.29 is 14.7 Å². The summed E-state index contributed by atoms with van der Waals surface area (Å²) in [4.78, 5) is 43.8. The van der Waals surface area contributed by atoms with Gasteiger partial charge < -0.3 is 14.9 Å². The van der Waals surface area contributed by atoms with E-state index in [0.717, 1.165) is 5.82 Å². The number of rotatable bonds is 7. The van der Waals surface area contributed by atoms with Crippen molar-refractivity contribution in [2.24, 2.45) is 0 Å². The fraction of sp³-hybridized carbons (Fsp3) is 0.318. The van der Waals surface area contributed by atoms with Gasteiger partial charge in [-0.05, 0) is 42.8 Å². The van der Waals surface area contributed by atoms with Crippen LogP contribution in [0, 0.1) is 0 Å². The van der Waals surface area contributed by atoms with Crippen LogP contribution in [-0.2, 0) is 6.54 Å². The normalized spacial score (nSPS) is 13.8. The van der Waals surface area contributed by atoms with E-state index in [1.54, 1.807) is 42.6 Å². The molecule has 10 nitrogen and oxygen atoms in total. The molecule has 0 bridgehead atoms. The second-order valence-electron chi connectivity index (χ2n) is 7.67. The lowest BCUT2D eigenvalue weighted by molar-refractivity contribution is 0.0978. The van der Waals surface area contributed by atoms with Gasteiger partial charge in [0.1, 0.15) is 12.1 Å². The van der Waals surface area contributed by atoms with Crippen molar-refractivity contribution >= 4 is 29.3 Å². The number of piperazine rings is 1. The highest BCUT2D eigenvalue weighted by Crippen LogP contribution is 2.16. The minimum absolute atomic E-state index is 0.0110. The average Bonchev–Trinajstić information content (AvgIpc) is 3.20. The van der Waals surface area contributed by atoms with Crippen LogP contribution in [0.2, 0.25) is 5.02 Å². The molecule has 3 aromatic rings. The van der Waals surface area contributed by atoms with Crippen LogP contribution in [-0.4, -0.2) is 67.4 Å². The summed E-state index contributed by atoms with van der Waals surface area (Å²) in [5, 5.41) is 13.8.